The van der Waals surface area contributed by atoms with Gasteiger partial charge >= 0.3 is 0 Å². The van der Waals surface area contributed by atoms with E-state index in [1.54, 1.807) is 24.3 Å². The number of anilines is 3. The van der Waals surface area contributed by atoms with E-state index in [0.29, 0.717) is 11.5 Å². The number of phenolic OH excluding ortho intramolecular Hbond substituents is 3. The van der Waals surface area contributed by atoms with E-state index in [1.807, 2.05) is 81.1 Å². The fourth-order valence-electron chi connectivity index (χ4n) is 3.75. The summed E-state index contributed by atoms with van der Waals surface area (Å²) in [4.78, 5) is 2.01. The Labute approximate surface area is 193 Å². The van der Waals surface area contributed by atoms with E-state index in [4.69, 9.17) is 4.74 Å². The van der Waals surface area contributed by atoms with Crippen LogP contribution in [0.15, 0.2) is 72.8 Å². The molecule has 0 unspecified atom stereocenters. The molecule has 5 heteroatoms. The smallest absolute Gasteiger partial charge is 0.151 e. The third-order valence-electron chi connectivity index (χ3n) is 5.81. The average molecular weight is 442 g/mol. The number of ether oxygens (including phenoxy) is 1. The van der Waals surface area contributed by atoms with Gasteiger partial charge in [-0.05, 0) is 105 Å². The second kappa shape index (κ2) is 8.79. The predicted octanol–water partition coefficient (Wildman–Crippen LogP) is 7.30. The van der Waals surface area contributed by atoms with Gasteiger partial charge in [-0.1, -0.05) is 12.1 Å². The van der Waals surface area contributed by atoms with Crippen LogP contribution in [0.3, 0.4) is 0 Å². The van der Waals surface area contributed by atoms with Crippen LogP contribution >= 0.6 is 0 Å². The van der Waals surface area contributed by atoms with Crippen molar-refractivity contribution >= 4 is 17.1 Å². The molecule has 3 N–H and O–H groups in total. The predicted molar refractivity (Wildman–Crippen MR) is 132 cm³/mol. The Hall–Kier alpha value is -4.12. The number of aryl methyl sites for hydroxylation is 3. The molecule has 0 radical (unpaired) electrons. The summed E-state index contributed by atoms with van der Waals surface area (Å²) in [7, 11) is 0. The summed E-state index contributed by atoms with van der Waals surface area (Å²) in [6.07, 6.45) is 0. The molecule has 0 fully saturated rings. The highest BCUT2D eigenvalue weighted by Gasteiger charge is 2.19. The molecule has 0 amide bonds. The highest BCUT2D eigenvalue weighted by Crippen LogP contribution is 2.44. The summed E-state index contributed by atoms with van der Waals surface area (Å²) < 4.78 is 6.33. The number of benzene rings is 4. The van der Waals surface area contributed by atoms with Gasteiger partial charge in [-0.3, -0.25) is 0 Å². The van der Waals surface area contributed by atoms with Gasteiger partial charge in [0.05, 0.1) is 5.69 Å². The second-order valence-corrected chi connectivity index (χ2v) is 8.23. The van der Waals surface area contributed by atoms with E-state index >= 15 is 0 Å². The first kappa shape index (κ1) is 22.1. The zero-order chi connectivity index (χ0) is 23.7. The van der Waals surface area contributed by atoms with Crippen molar-refractivity contribution in [1.82, 2.24) is 0 Å². The number of rotatable bonds is 5. The van der Waals surface area contributed by atoms with Gasteiger partial charge in [0.15, 0.2) is 5.75 Å². The highest BCUT2D eigenvalue weighted by atomic mass is 16.5. The molecular formula is C28H27NO4. The van der Waals surface area contributed by atoms with Gasteiger partial charge in [-0.25, -0.2) is 0 Å². The van der Waals surface area contributed by atoms with Crippen LogP contribution in [0.25, 0.3) is 0 Å². The summed E-state index contributed by atoms with van der Waals surface area (Å²) in [6, 6.07) is 21.8. The van der Waals surface area contributed by atoms with Crippen LogP contribution in [-0.4, -0.2) is 15.3 Å². The SMILES string of the molecule is Cc1cc(N(c2ccc(O)c(C)c2)c2ccccc2Oc2cc(O)cc(C)c2C)ccc1O. The van der Waals surface area contributed by atoms with Crippen molar-refractivity contribution in [3.63, 3.8) is 0 Å². The van der Waals surface area contributed by atoms with Gasteiger partial charge in [0.25, 0.3) is 0 Å². The van der Waals surface area contributed by atoms with Crippen LogP contribution < -0.4 is 9.64 Å². The molecule has 168 valence electrons. The third-order valence-corrected chi connectivity index (χ3v) is 5.81. The lowest BCUT2D eigenvalue weighted by Gasteiger charge is -2.28. The fraction of sp³-hybridized carbons (Fsp3) is 0.143. The van der Waals surface area contributed by atoms with Crippen LogP contribution in [0.5, 0.6) is 28.7 Å². The van der Waals surface area contributed by atoms with Crippen molar-refractivity contribution < 1.29 is 20.1 Å². The monoisotopic (exact) mass is 441 g/mol. The van der Waals surface area contributed by atoms with Gasteiger partial charge in [-0.15, -0.1) is 0 Å². The number of hydrogen-bond donors (Lipinski definition) is 3. The minimum atomic E-state index is 0.144. The van der Waals surface area contributed by atoms with Crippen molar-refractivity contribution in [3.8, 4) is 28.7 Å². The molecule has 0 spiro atoms. The second-order valence-electron chi connectivity index (χ2n) is 8.23. The first-order chi connectivity index (χ1) is 15.7. The molecule has 0 bridgehead atoms. The van der Waals surface area contributed by atoms with E-state index in [9.17, 15) is 15.3 Å². The molecule has 0 aliphatic carbocycles. The number of aromatic hydroxyl groups is 3. The summed E-state index contributed by atoms with van der Waals surface area (Å²) in [5, 5.41) is 30.3. The Balaban J connectivity index is 1.90. The first-order valence-corrected chi connectivity index (χ1v) is 10.7. The average Bonchev–Trinajstić information content (AvgIpc) is 2.78. The van der Waals surface area contributed by atoms with Crippen molar-refractivity contribution in [1.29, 1.82) is 0 Å². The van der Waals surface area contributed by atoms with E-state index in [1.165, 1.54) is 0 Å². The fourth-order valence-corrected chi connectivity index (χ4v) is 3.75. The first-order valence-electron chi connectivity index (χ1n) is 10.7. The third kappa shape index (κ3) is 4.44. The molecular weight excluding hydrogens is 414 g/mol. The summed E-state index contributed by atoms with van der Waals surface area (Å²) in [5.74, 6) is 1.75. The van der Waals surface area contributed by atoms with Crippen molar-refractivity contribution in [2.45, 2.75) is 27.7 Å². The topological polar surface area (TPSA) is 73.2 Å². The minimum absolute atomic E-state index is 0.144. The standard InChI is InChI=1S/C28H27NO4/c1-17-15-23(30)16-28(20(17)4)33-27-8-6-5-7-24(27)29(21-9-11-25(31)18(2)13-21)22-10-12-26(32)19(3)14-22/h5-16,30-32H,1-4H3. The number of hydrogen-bond acceptors (Lipinski definition) is 5. The lowest BCUT2D eigenvalue weighted by atomic mass is 10.1. The van der Waals surface area contributed by atoms with Crippen molar-refractivity contribution in [3.05, 3.63) is 95.1 Å². The van der Waals surface area contributed by atoms with Crippen LogP contribution in [0.1, 0.15) is 22.3 Å². The van der Waals surface area contributed by atoms with E-state index in [2.05, 4.69) is 0 Å². The Morgan fingerprint density at radius 3 is 1.76 bits per heavy atom. The quantitative estimate of drug-likeness (QED) is 0.303. The van der Waals surface area contributed by atoms with Gasteiger partial charge in [0.1, 0.15) is 23.0 Å². The Morgan fingerprint density at radius 1 is 0.606 bits per heavy atom. The molecule has 4 aromatic rings. The molecule has 0 saturated carbocycles. The number of phenols is 3. The lowest BCUT2D eigenvalue weighted by Crippen LogP contribution is -2.11. The van der Waals surface area contributed by atoms with E-state index in [-0.39, 0.29) is 17.2 Å². The van der Waals surface area contributed by atoms with Crippen LogP contribution in [-0.2, 0) is 0 Å². The summed E-state index contributed by atoms with van der Waals surface area (Å²) in [6.45, 7) is 7.58. The van der Waals surface area contributed by atoms with Gasteiger partial charge in [0.2, 0.25) is 0 Å². The van der Waals surface area contributed by atoms with Crippen molar-refractivity contribution in [2.24, 2.45) is 0 Å². The highest BCUT2D eigenvalue weighted by molar-refractivity contribution is 5.81. The molecule has 5 nitrogen and oxygen atoms in total. The molecule has 0 aliphatic rings. The van der Waals surface area contributed by atoms with E-state index < -0.39 is 0 Å². The molecule has 0 atom stereocenters. The van der Waals surface area contributed by atoms with Crippen molar-refractivity contribution in [2.75, 3.05) is 4.90 Å². The Bertz CT molecular complexity index is 1280. The van der Waals surface area contributed by atoms with E-state index in [0.717, 1.165) is 39.3 Å². The van der Waals surface area contributed by atoms with Gasteiger partial charge in [-0.2, -0.15) is 0 Å². The summed E-state index contributed by atoms with van der Waals surface area (Å²) in [5.41, 5.74) is 5.79. The number of para-hydroxylation sites is 2. The molecule has 33 heavy (non-hydrogen) atoms. The molecule has 0 heterocycles. The largest absolute Gasteiger partial charge is 0.508 e. The molecule has 0 aliphatic heterocycles. The Morgan fingerprint density at radius 2 is 1.18 bits per heavy atom. The molecule has 0 aromatic heterocycles. The van der Waals surface area contributed by atoms with Gasteiger partial charge in [0, 0.05) is 17.4 Å². The zero-order valence-electron chi connectivity index (χ0n) is 19.1. The molecule has 4 aromatic carbocycles. The molecule has 4 rings (SSSR count). The maximum atomic E-state index is 10.1. The van der Waals surface area contributed by atoms with Crippen LogP contribution in [0.2, 0.25) is 0 Å². The van der Waals surface area contributed by atoms with Crippen LogP contribution in [0.4, 0.5) is 17.1 Å². The van der Waals surface area contributed by atoms with Crippen LogP contribution in [0, 0.1) is 27.7 Å². The van der Waals surface area contributed by atoms with Gasteiger partial charge < -0.3 is 25.0 Å². The lowest BCUT2D eigenvalue weighted by molar-refractivity contribution is 0.452. The summed E-state index contributed by atoms with van der Waals surface area (Å²) >= 11 is 0. The maximum absolute atomic E-state index is 10.1. The minimum Gasteiger partial charge on any atom is -0.508 e. The Kier molecular flexibility index (Phi) is 5.88. The maximum Gasteiger partial charge on any atom is 0.151 e. The normalized spacial score (nSPS) is 10.8. The number of nitrogens with zero attached hydrogens (tertiary/aromatic N) is 1. The zero-order valence-corrected chi connectivity index (χ0v) is 19.1. The molecule has 0 saturated heterocycles.